The molecule has 1 saturated carbocycles. The van der Waals surface area contributed by atoms with Crippen molar-refractivity contribution in [2.24, 2.45) is 5.92 Å². The summed E-state index contributed by atoms with van der Waals surface area (Å²) in [6.45, 7) is 6.90. The van der Waals surface area contributed by atoms with Gasteiger partial charge < -0.3 is 25.2 Å². The highest BCUT2D eigenvalue weighted by molar-refractivity contribution is 6.76. The van der Waals surface area contributed by atoms with Crippen LogP contribution in [0, 0.1) is 5.92 Å². The molecule has 0 radical (unpaired) electrons. The van der Waals surface area contributed by atoms with E-state index in [1.165, 1.54) is 19.3 Å². The zero-order valence-corrected chi connectivity index (χ0v) is 29.1. The number of piperidine rings is 1. The Morgan fingerprint density at radius 3 is 2.20 bits per heavy atom. The van der Waals surface area contributed by atoms with E-state index in [0.717, 1.165) is 41.5 Å². The maximum Gasteiger partial charge on any atom is 0.272 e. The van der Waals surface area contributed by atoms with Crippen molar-refractivity contribution in [1.29, 1.82) is 0 Å². The average Bonchev–Trinajstić information content (AvgIpc) is 3.02. The van der Waals surface area contributed by atoms with E-state index in [1.54, 1.807) is 0 Å². The Kier molecular flexibility index (Phi) is 11.6. The van der Waals surface area contributed by atoms with E-state index in [0.29, 0.717) is 24.9 Å². The number of likely N-dealkylation sites (tertiary alicyclic amines) is 1. The van der Waals surface area contributed by atoms with Crippen molar-refractivity contribution in [3.8, 4) is 0 Å². The van der Waals surface area contributed by atoms with Crippen LogP contribution < -0.4 is 10.6 Å². The van der Waals surface area contributed by atoms with Crippen molar-refractivity contribution in [2.45, 2.75) is 119 Å². The summed E-state index contributed by atoms with van der Waals surface area (Å²) in [5.41, 5.74) is 3.21. The molecule has 11 heteroatoms. The minimum atomic E-state index is -2.03. The number of hydrogen-bond donors (Lipinski definition) is 3. The molecule has 252 valence electrons. The van der Waals surface area contributed by atoms with Crippen LogP contribution in [0.15, 0.2) is 48.5 Å². The van der Waals surface area contributed by atoms with E-state index in [9.17, 15) is 14.7 Å². The van der Waals surface area contributed by atoms with Gasteiger partial charge in [0.15, 0.2) is 6.29 Å². The SMILES string of the molecule is CC(C)(C)NC(=O)[C@H]1CC[C@H]2CCCC[C@H]2N1C[C@H]1C[C@@H](c2ccc(CO)cc2)O[C@@H](c2ccc(CNC(=O)C(Cl)(Cl)Cl)cc2)O1. The van der Waals surface area contributed by atoms with Gasteiger partial charge in [0.25, 0.3) is 9.70 Å². The summed E-state index contributed by atoms with van der Waals surface area (Å²) >= 11 is 17.0. The molecular formula is C35H46Cl3N3O5. The third kappa shape index (κ3) is 9.16. The van der Waals surface area contributed by atoms with Gasteiger partial charge in [-0.15, -0.1) is 0 Å². The van der Waals surface area contributed by atoms with Crippen LogP contribution in [-0.2, 0) is 32.2 Å². The predicted octanol–water partition coefficient (Wildman–Crippen LogP) is 6.65. The largest absolute Gasteiger partial charge is 0.392 e. The lowest BCUT2D eigenvalue weighted by atomic mass is 9.75. The van der Waals surface area contributed by atoms with Gasteiger partial charge in [0.1, 0.15) is 0 Å². The van der Waals surface area contributed by atoms with Crippen molar-refractivity contribution < 1.29 is 24.2 Å². The summed E-state index contributed by atoms with van der Waals surface area (Å²) in [6.07, 6.45) is 6.23. The number of carbonyl (C=O) groups excluding carboxylic acids is 2. The number of benzene rings is 2. The van der Waals surface area contributed by atoms with Crippen molar-refractivity contribution in [2.75, 3.05) is 6.54 Å². The van der Waals surface area contributed by atoms with Crippen LogP contribution in [0.2, 0.25) is 0 Å². The molecule has 2 aliphatic heterocycles. The number of ether oxygens (including phenoxy) is 2. The van der Waals surface area contributed by atoms with E-state index in [-0.39, 0.29) is 42.8 Å². The van der Waals surface area contributed by atoms with Crippen LogP contribution in [0.3, 0.4) is 0 Å². The summed E-state index contributed by atoms with van der Waals surface area (Å²) in [7, 11) is 0. The topological polar surface area (TPSA) is 100 Å². The second kappa shape index (κ2) is 15.1. The third-order valence-electron chi connectivity index (χ3n) is 9.30. The van der Waals surface area contributed by atoms with Crippen molar-refractivity contribution >= 4 is 46.6 Å². The second-order valence-corrected chi connectivity index (χ2v) is 16.2. The Labute approximate surface area is 287 Å². The van der Waals surface area contributed by atoms with Gasteiger partial charge in [-0.2, -0.15) is 0 Å². The summed E-state index contributed by atoms with van der Waals surface area (Å²) < 4.78 is 11.3. The molecule has 2 saturated heterocycles. The first-order chi connectivity index (χ1) is 21.8. The standard InChI is InChI=1S/C35H46Cl3N3O5/c1-34(2,3)40-31(43)29-17-16-24-6-4-5-7-28(24)41(29)20-27-18-30(25-12-10-23(21-42)11-13-25)46-32(45-27)26-14-8-22(9-15-26)19-39-33(44)35(36,37)38/h8-15,24,27-30,32,42H,4-7,16-21H2,1-3H3,(H,39,44)(H,40,43)/t24-,27-,28-,29-,30+,32+/m1/s1. The average molecular weight is 695 g/mol. The number of fused-ring (bicyclic) bond motifs is 1. The first-order valence-electron chi connectivity index (χ1n) is 16.3. The normalized spacial score (nSPS) is 27.5. The van der Waals surface area contributed by atoms with Gasteiger partial charge in [0, 0.05) is 36.7 Å². The number of rotatable bonds is 8. The predicted molar refractivity (Wildman–Crippen MR) is 180 cm³/mol. The van der Waals surface area contributed by atoms with Crippen molar-refractivity contribution in [3.05, 3.63) is 70.8 Å². The molecule has 1 aliphatic carbocycles. The van der Waals surface area contributed by atoms with Crippen LogP contribution in [-0.4, -0.2) is 55.9 Å². The summed E-state index contributed by atoms with van der Waals surface area (Å²) in [5, 5.41) is 15.5. The Hall–Kier alpha value is -1.91. The van der Waals surface area contributed by atoms with E-state index in [4.69, 9.17) is 44.3 Å². The second-order valence-electron chi connectivity index (χ2n) is 13.9. The zero-order chi connectivity index (χ0) is 33.1. The first-order valence-corrected chi connectivity index (χ1v) is 17.5. The molecule has 2 aromatic carbocycles. The van der Waals surface area contributed by atoms with Crippen LogP contribution in [0.1, 0.15) is 100 Å². The number of nitrogens with one attached hydrogen (secondary N) is 2. The van der Waals surface area contributed by atoms with Crippen LogP contribution in [0.4, 0.5) is 0 Å². The number of nitrogens with zero attached hydrogens (tertiary/aromatic N) is 1. The Morgan fingerprint density at radius 1 is 0.891 bits per heavy atom. The lowest BCUT2D eigenvalue weighted by Crippen LogP contribution is -2.61. The van der Waals surface area contributed by atoms with Gasteiger partial charge in [-0.3, -0.25) is 14.5 Å². The number of aliphatic hydroxyl groups excluding tert-OH is 1. The number of aliphatic hydroxyl groups is 1. The van der Waals surface area contributed by atoms with Gasteiger partial charge >= 0.3 is 0 Å². The minimum Gasteiger partial charge on any atom is -0.392 e. The number of carbonyl (C=O) groups is 2. The zero-order valence-electron chi connectivity index (χ0n) is 26.8. The molecule has 3 N–H and O–H groups in total. The van der Waals surface area contributed by atoms with Gasteiger partial charge in [-0.05, 0) is 69.1 Å². The van der Waals surface area contributed by atoms with Gasteiger partial charge in [-0.1, -0.05) is 96.2 Å². The third-order valence-corrected chi connectivity index (χ3v) is 9.81. The highest BCUT2D eigenvalue weighted by Gasteiger charge is 2.44. The lowest BCUT2D eigenvalue weighted by Gasteiger charge is -2.50. The number of alkyl halides is 3. The van der Waals surface area contributed by atoms with Gasteiger partial charge in [-0.25, -0.2) is 0 Å². The molecule has 0 unspecified atom stereocenters. The molecule has 2 amide bonds. The Bertz CT molecular complexity index is 1330. The van der Waals surface area contributed by atoms with Crippen molar-refractivity contribution in [3.63, 3.8) is 0 Å². The summed E-state index contributed by atoms with van der Waals surface area (Å²) in [5.74, 6) is -0.000906. The Balaban J connectivity index is 1.38. The molecular weight excluding hydrogens is 649 g/mol. The first kappa shape index (κ1) is 35.4. The molecule has 6 atom stereocenters. The lowest BCUT2D eigenvalue weighted by molar-refractivity contribution is -0.255. The van der Waals surface area contributed by atoms with E-state index < -0.39 is 16.0 Å². The molecule has 46 heavy (non-hydrogen) atoms. The van der Waals surface area contributed by atoms with Gasteiger partial charge in [0.05, 0.1) is 24.9 Å². The number of halogens is 3. The van der Waals surface area contributed by atoms with Crippen LogP contribution in [0.25, 0.3) is 0 Å². The van der Waals surface area contributed by atoms with E-state index in [1.807, 2.05) is 69.3 Å². The fraction of sp³-hybridized carbons (Fsp3) is 0.600. The molecule has 8 nitrogen and oxygen atoms in total. The smallest absolute Gasteiger partial charge is 0.272 e. The highest BCUT2D eigenvalue weighted by Crippen LogP contribution is 2.42. The van der Waals surface area contributed by atoms with Crippen LogP contribution >= 0.6 is 34.8 Å². The maximum absolute atomic E-state index is 13.7. The molecule has 0 bridgehead atoms. The monoisotopic (exact) mass is 693 g/mol. The molecule has 5 rings (SSSR count). The molecule has 3 aliphatic rings. The minimum absolute atomic E-state index is 0.0236. The summed E-state index contributed by atoms with van der Waals surface area (Å²) in [6, 6.07) is 15.6. The van der Waals surface area contributed by atoms with Crippen LogP contribution in [0.5, 0.6) is 0 Å². The fourth-order valence-electron chi connectivity index (χ4n) is 7.07. The molecule has 2 aromatic rings. The summed E-state index contributed by atoms with van der Waals surface area (Å²) in [4.78, 5) is 28.1. The highest BCUT2D eigenvalue weighted by atomic mass is 35.6. The van der Waals surface area contributed by atoms with Crippen molar-refractivity contribution in [1.82, 2.24) is 15.5 Å². The number of hydrogen-bond acceptors (Lipinski definition) is 6. The van der Waals surface area contributed by atoms with E-state index >= 15 is 0 Å². The fourth-order valence-corrected chi connectivity index (χ4v) is 7.27. The quantitative estimate of drug-likeness (QED) is 0.268. The molecule has 0 aromatic heterocycles. The maximum atomic E-state index is 13.7. The molecule has 3 fully saturated rings. The molecule has 2 heterocycles. The number of amides is 2. The molecule has 0 spiro atoms. The Morgan fingerprint density at radius 2 is 1.54 bits per heavy atom. The van der Waals surface area contributed by atoms with Gasteiger partial charge in [0.2, 0.25) is 5.91 Å². The van der Waals surface area contributed by atoms with E-state index in [2.05, 4.69) is 15.5 Å².